The molecule has 0 spiro atoms. The minimum absolute atomic E-state index is 0.140. The van der Waals surface area contributed by atoms with Crippen LogP contribution in [0.3, 0.4) is 0 Å². The van der Waals surface area contributed by atoms with Crippen molar-refractivity contribution in [2.45, 2.75) is 19.6 Å². The summed E-state index contributed by atoms with van der Waals surface area (Å²) >= 11 is 5.84. The van der Waals surface area contributed by atoms with Gasteiger partial charge in [-0.2, -0.15) is 0 Å². The van der Waals surface area contributed by atoms with E-state index >= 15 is 0 Å². The van der Waals surface area contributed by atoms with Gasteiger partial charge in [-0.15, -0.1) is 0 Å². The van der Waals surface area contributed by atoms with E-state index in [1.54, 1.807) is 31.2 Å². The molecule has 0 saturated carbocycles. The molecule has 0 heterocycles. The van der Waals surface area contributed by atoms with E-state index in [1.807, 2.05) is 30.3 Å². The zero-order valence-electron chi connectivity index (χ0n) is 14.1. The standard InChI is InChI=1S/C19H20ClNO4/c1-14(25-17-10-8-16(20)9-11-17)19(23)21(13-18(22)24-2)12-15-6-4-3-5-7-15/h3-11,14H,12-13H2,1-2H3. The van der Waals surface area contributed by atoms with Crippen LogP contribution in [-0.4, -0.2) is 36.5 Å². The summed E-state index contributed by atoms with van der Waals surface area (Å²) in [6.07, 6.45) is -0.755. The highest BCUT2D eigenvalue weighted by atomic mass is 35.5. The highest BCUT2D eigenvalue weighted by Gasteiger charge is 2.24. The van der Waals surface area contributed by atoms with Gasteiger partial charge in [-0.25, -0.2) is 0 Å². The Kier molecular flexibility index (Phi) is 6.83. The number of benzene rings is 2. The molecule has 0 aromatic heterocycles. The molecule has 2 rings (SSSR count). The predicted molar refractivity (Wildman–Crippen MR) is 95.4 cm³/mol. The van der Waals surface area contributed by atoms with Crippen molar-refractivity contribution < 1.29 is 19.1 Å². The van der Waals surface area contributed by atoms with Gasteiger partial charge in [-0.1, -0.05) is 41.9 Å². The van der Waals surface area contributed by atoms with Crippen molar-refractivity contribution in [1.82, 2.24) is 4.90 Å². The third kappa shape index (κ3) is 5.80. The lowest BCUT2D eigenvalue weighted by atomic mass is 10.2. The molecule has 2 aromatic rings. The van der Waals surface area contributed by atoms with Crippen molar-refractivity contribution in [3.8, 4) is 5.75 Å². The number of esters is 1. The number of rotatable bonds is 7. The molecule has 0 aliphatic heterocycles. The molecule has 1 atom stereocenters. The zero-order chi connectivity index (χ0) is 18.2. The van der Waals surface area contributed by atoms with Gasteiger partial charge in [-0.05, 0) is 36.8 Å². The van der Waals surface area contributed by atoms with Crippen molar-refractivity contribution in [3.63, 3.8) is 0 Å². The van der Waals surface area contributed by atoms with Crippen molar-refractivity contribution in [1.29, 1.82) is 0 Å². The van der Waals surface area contributed by atoms with E-state index in [0.29, 0.717) is 17.3 Å². The summed E-state index contributed by atoms with van der Waals surface area (Å²) in [6, 6.07) is 16.2. The highest BCUT2D eigenvalue weighted by Crippen LogP contribution is 2.18. The molecule has 2 aromatic carbocycles. The van der Waals surface area contributed by atoms with Gasteiger partial charge in [0.1, 0.15) is 12.3 Å². The van der Waals surface area contributed by atoms with Crippen molar-refractivity contribution in [2.75, 3.05) is 13.7 Å². The normalized spacial score (nSPS) is 11.5. The molecule has 1 unspecified atom stereocenters. The Morgan fingerprint density at radius 2 is 1.72 bits per heavy atom. The number of amides is 1. The molecule has 0 fully saturated rings. The monoisotopic (exact) mass is 361 g/mol. The van der Waals surface area contributed by atoms with Gasteiger partial charge in [0.05, 0.1) is 7.11 Å². The minimum atomic E-state index is -0.755. The van der Waals surface area contributed by atoms with E-state index in [9.17, 15) is 9.59 Å². The van der Waals surface area contributed by atoms with Crippen molar-refractivity contribution in [3.05, 3.63) is 65.2 Å². The molecular formula is C19H20ClNO4. The zero-order valence-corrected chi connectivity index (χ0v) is 14.9. The van der Waals surface area contributed by atoms with Crippen LogP contribution in [0.25, 0.3) is 0 Å². The smallest absolute Gasteiger partial charge is 0.325 e. The first-order valence-corrected chi connectivity index (χ1v) is 8.19. The third-order valence-electron chi connectivity index (χ3n) is 3.55. The summed E-state index contributed by atoms with van der Waals surface area (Å²) in [5.41, 5.74) is 0.915. The first kappa shape index (κ1) is 18.8. The second kappa shape index (κ2) is 9.08. The molecule has 0 aliphatic rings. The maximum atomic E-state index is 12.7. The molecule has 0 radical (unpaired) electrons. The predicted octanol–water partition coefficient (Wildman–Crippen LogP) is 3.31. The summed E-state index contributed by atoms with van der Waals surface area (Å²) in [5, 5.41) is 0.586. The number of carbonyl (C=O) groups excluding carboxylic acids is 2. The second-order valence-electron chi connectivity index (χ2n) is 5.47. The van der Waals surface area contributed by atoms with Crippen LogP contribution in [0.15, 0.2) is 54.6 Å². The van der Waals surface area contributed by atoms with Crippen LogP contribution in [0.1, 0.15) is 12.5 Å². The van der Waals surface area contributed by atoms with Gasteiger partial charge in [0.2, 0.25) is 0 Å². The average molecular weight is 362 g/mol. The lowest BCUT2D eigenvalue weighted by Gasteiger charge is -2.25. The topological polar surface area (TPSA) is 55.8 Å². The Labute approximate surface area is 152 Å². The van der Waals surface area contributed by atoms with Crippen molar-refractivity contribution >= 4 is 23.5 Å². The average Bonchev–Trinajstić information content (AvgIpc) is 2.63. The van der Waals surface area contributed by atoms with Gasteiger partial charge in [0, 0.05) is 11.6 Å². The number of ether oxygens (including phenoxy) is 2. The van der Waals surface area contributed by atoms with Gasteiger partial charge in [-0.3, -0.25) is 9.59 Å². The van der Waals surface area contributed by atoms with Gasteiger partial charge < -0.3 is 14.4 Å². The van der Waals surface area contributed by atoms with E-state index in [2.05, 4.69) is 0 Å². The first-order valence-electron chi connectivity index (χ1n) is 7.81. The fourth-order valence-corrected chi connectivity index (χ4v) is 2.39. The molecule has 5 nitrogen and oxygen atoms in total. The summed E-state index contributed by atoms with van der Waals surface area (Å²) in [7, 11) is 1.29. The maximum absolute atomic E-state index is 12.7. The summed E-state index contributed by atoms with van der Waals surface area (Å²) in [4.78, 5) is 25.8. The molecule has 0 N–H and O–H groups in total. The van der Waals surface area contributed by atoms with Crippen LogP contribution in [0.4, 0.5) is 0 Å². The number of hydrogen-bond donors (Lipinski definition) is 0. The molecule has 132 valence electrons. The number of hydrogen-bond acceptors (Lipinski definition) is 4. The Morgan fingerprint density at radius 1 is 1.08 bits per heavy atom. The van der Waals surface area contributed by atoms with E-state index in [-0.39, 0.29) is 12.5 Å². The minimum Gasteiger partial charge on any atom is -0.481 e. The van der Waals surface area contributed by atoms with E-state index < -0.39 is 12.1 Å². The first-order chi connectivity index (χ1) is 12.0. The van der Waals surface area contributed by atoms with Crippen LogP contribution in [0.5, 0.6) is 5.75 Å². The highest BCUT2D eigenvalue weighted by molar-refractivity contribution is 6.30. The number of nitrogens with zero attached hydrogens (tertiary/aromatic N) is 1. The van der Waals surface area contributed by atoms with Gasteiger partial charge in [0.25, 0.3) is 5.91 Å². The van der Waals surface area contributed by atoms with Gasteiger partial charge >= 0.3 is 5.97 Å². The van der Waals surface area contributed by atoms with Crippen LogP contribution in [0, 0.1) is 0 Å². The van der Waals surface area contributed by atoms with Crippen LogP contribution in [-0.2, 0) is 20.9 Å². The largest absolute Gasteiger partial charge is 0.481 e. The molecule has 0 saturated heterocycles. The van der Waals surface area contributed by atoms with E-state index in [0.717, 1.165) is 5.56 Å². The lowest BCUT2D eigenvalue weighted by Crippen LogP contribution is -2.43. The van der Waals surface area contributed by atoms with Gasteiger partial charge in [0.15, 0.2) is 6.10 Å². The number of methoxy groups -OCH3 is 1. The quantitative estimate of drug-likeness (QED) is 0.710. The number of carbonyl (C=O) groups is 2. The molecule has 0 aliphatic carbocycles. The third-order valence-corrected chi connectivity index (χ3v) is 3.80. The van der Waals surface area contributed by atoms with Crippen molar-refractivity contribution in [2.24, 2.45) is 0 Å². The second-order valence-corrected chi connectivity index (χ2v) is 5.91. The Balaban J connectivity index is 2.09. The van der Waals surface area contributed by atoms with Crippen LogP contribution < -0.4 is 4.74 Å². The SMILES string of the molecule is COC(=O)CN(Cc1ccccc1)C(=O)C(C)Oc1ccc(Cl)cc1. The summed E-state index contributed by atoms with van der Waals surface area (Å²) in [6.45, 7) is 1.80. The van der Waals surface area contributed by atoms with E-state index in [1.165, 1.54) is 12.0 Å². The molecule has 0 bridgehead atoms. The van der Waals surface area contributed by atoms with Crippen LogP contribution >= 0.6 is 11.6 Å². The Morgan fingerprint density at radius 3 is 2.32 bits per heavy atom. The van der Waals surface area contributed by atoms with Crippen LogP contribution in [0.2, 0.25) is 5.02 Å². The maximum Gasteiger partial charge on any atom is 0.325 e. The fourth-order valence-electron chi connectivity index (χ4n) is 2.26. The lowest BCUT2D eigenvalue weighted by molar-refractivity contribution is -0.150. The summed E-state index contributed by atoms with van der Waals surface area (Å²) < 4.78 is 10.4. The molecular weight excluding hydrogens is 342 g/mol. The Bertz CT molecular complexity index is 703. The summed E-state index contributed by atoms with van der Waals surface area (Å²) in [5.74, 6) is -0.254. The molecule has 1 amide bonds. The Hall–Kier alpha value is -2.53. The fraction of sp³-hybridized carbons (Fsp3) is 0.263. The molecule has 6 heteroatoms. The molecule has 25 heavy (non-hydrogen) atoms. The van der Waals surface area contributed by atoms with E-state index in [4.69, 9.17) is 21.1 Å². The number of halogens is 1.